The lowest BCUT2D eigenvalue weighted by molar-refractivity contribution is -0.144. The Bertz CT molecular complexity index is 830. The lowest BCUT2D eigenvalue weighted by Gasteiger charge is -2.34. The third kappa shape index (κ3) is 4.77. The number of rotatable bonds is 6. The minimum absolute atomic E-state index is 0.0938. The first-order chi connectivity index (χ1) is 12.6. The number of sulfonamides is 1. The maximum Gasteiger partial charge on any atom is 0.245 e. The first kappa shape index (κ1) is 21.6. The molecule has 9 nitrogen and oxygen atoms in total. The zero-order valence-electron chi connectivity index (χ0n) is 15.4. The van der Waals surface area contributed by atoms with Gasteiger partial charge in [0.25, 0.3) is 0 Å². The van der Waals surface area contributed by atoms with E-state index in [1.165, 1.54) is 25.2 Å². The molecule has 11 heteroatoms. The minimum atomic E-state index is -3.64. The van der Waals surface area contributed by atoms with Crippen LogP contribution in [-0.4, -0.2) is 68.7 Å². The number of alkyl halides is 1. The average molecular weight is 418 g/mol. The van der Waals surface area contributed by atoms with Crippen LogP contribution in [0.15, 0.2) is 23.1 Å². The number of halogens is 1. The summed E-state index contributed by atoms with van der Waals surface area (Å²) in [6, 6.07) is 4.61. The summed E-state index contributed by atoms with van der Waals surface area (Å²) in [4.78, 5) is 24.7. The Kier molecular flexibility index (Phi) is 6.82. The van der Waals surface area contributed by atoms with Gasteiger partial charge in [-0.15, -0.1) is 11.6 Å². The highest BCUT2D eigenvalue weighted by molar-refractivity contribution is 7.89. The average Bonchev–Trinajstić information content (AvgIpc) is 2.59. The van der Waals surface area contributed by atoms with E-state index >= 15 is 0 Å². The molecule has 0 bridgehead atoms. The van der Waals surface area contributed by atoms with Gasteiger partial charge in [0.15, 0.2) is 0 Å². The van der Waals surface area contributed by atoms with Gasteiger partial charge in [-0.05, 0) is 24.6 Å². The molecule has 0 spiro atoms. The molecule has 0 radical (unpaired) electrons. The molecule has 1 aliphatic heterocycles. The molecule has 4 N–H and O–H groups in total. The number of hydrogen-bond acceptors (Lipinski definition) is 6. The van der Waals surface area contributed by atoms with Gasteiger partial charge in [-0.1, -0.05) is 6.07 Å². The molecule has 1 aliphatic rings. The number of nitrogens with one attached hydrogen (secondary N) is 2. The molecule has 2 amide bonds. The summed E-state index contributed by atoms with van der Waals surface area (Å²) in [7, 11) is -0.770. The zero-order valence-corrected chi connectivity index (χ0v) is 17.0. The smallest absolute Gasteiger partial charge is 0.245 e. The number of aryl methyl sites for hydroxylation is 1. The molecule has 1 saturated heterocycles. The Morgan fingerprint density at radius 1 is 1.44 bits per heavy atom. The predicted molar refractivity (Wildman–Crippen MR) is 103 cm³/mol. The van der Waals surface area contributed by atoms with Crippen molar-refractivity contribution in [3.05, 3.63) is 23.8 Å². The second-order valence-electron chi connectivity index (χ2n) is 6.46. The van der Waals surface area contributed by atoms with Crippen LogP contribution in [0, 0.1) is 12.8 Å². The molecule has 2 atom stereocenters. The second kappa shape index (κ2) is 8.53. The number of benzene rings is 1. The van der Waals surface area contributed by atoms with Crippen LogP contribution in [0.2, 0.25) is 0 Å². The van der Waals surface area contributed by atoms with E-state index in [2.05, 4.69) is 10.7 Å². The lowest BCUT2D eigenvalue weighted by Crippen LogP contribution is -2.59. The van der Waals surface area contributed by atoms with Gasteiger partial charge in [0.05, 0.1) is 16.2 Å². The van der Waals surface area contributed by atoms with E-state index in [0.717, 1.165) is 4.31 Å². The Labute approximate surface area is 163 Å². The highest BCUT2D eigenvalue weighted by Crippen LogP contribution is 2.22. The molecule has 1 heterocycles. The number of hydrazine groups is 1. The monoisotopic (exact) mass is 417 g/mol. The van der Waals surface area contributed by atoms with Gasteiger partial charge in [-0.25, -0.2) is 18.1 Å². The van der Waals surface area contributed by atoms with Crippen molar-refractivity contribution in [2.24, 2.45) is 11.7 Å². The fraction of sp³-hybridized carbons (Fsp3) is 0.500. The minimum Gasteiger partial charge on any atom is -0.330 e. The van der Waals surface area contributed by atoms with E-state index in [0.29, 0.717) is 17.8 Å². The van der Waals surface area contributed by atoms with Crippen molar-refractivity contribution in [2.45, 2.75) is 17.2 Å². The van der Waals surface area contributed by atoms with Crippen LogP contribution in [-0.2, 0) is 19.6 Å². The highest BCUT2D eigenvalue weighted by atomic mass is 35.5. The lowest BCUT2D eigenvalue weighted by atomic mass is 10.0. The van der Waals surface area contributed by atoms with Gasteiger partial charge < -0.3 is 11.1 Å². The first-order valence-electron chi connectivity index (χ1n) is 8.30. The van der Waals surface area contributed by atoms with Crippen LogP contribution >= 0.6 is 11.6 Å². The number of hydrogen-bond donors (Lipinski definition) is 3. The van der Waals surface area contributed by atoms with E-state index < -0.39 is 27.2 Å². The second-order valence-corrected chi connectivity index (χ2v) is 9.14. The van der Waals surface area contributed by atoms with Gasteiger partial charge >= 0.3 is 0 Å². The number of nitrogens with zero attached hydrogens (tertiary/aromatic N) is 2. The van der Waals surface area contributed by atoms with E-state index in [1.807, 2.05) is 0 Å². The Morgan fingerprint density at radius 3 is 2.70 bits per heavy atom. The van der Waals surface area contributed by atoms with E-state index in [1.54, 1.807) is 19.1 Å². The summed E-state index contributed by atoms with van der Waals surface area (Å²) in [6.07, 6.45) is 0. The van der Waals surface area contributed by atoms with Crippen molar-refractivity contribution in [1.82, 2.24) is 14.7 Å². The molecular formula is C16H24ClN5O4S. The van der Waals surface area contributed by atoms with E-state index in [9.17, 15) is 18.0 Å². The molecule has 27 heavy (non-hydrogen) atoms. The summed E-state index contributed by atoms with van der Waals surface area (Å²) >= 11 is 6.06. The van der Waals surface area contributed by atoms with E-state index in [-0.39, 0.29) is 23.9 Å². The van der Waals surface area contributed by atoms with Crippen molar-refractivity contribution >= 4 is 39.1 Å². The van der Waals surface area contributed by atoms with Crippen molar-refractivity contribution in [3.63, 3.8) is 0 Å². The van der Waals surface area contributed by atoms with Crippen molar-refractivity contribution in [1.29, 1.82) is 0 Å². The molecule has 1 fully saturated rings. The Morgan fingerprint density at radius 2 is 2.11 bits per heavy atom. The van der Waals surface area contributed by atoms with Crippen molar-refractivity contribution < 1.29 is 18.0 Å². The van der Waals surface area contributed by atoms with Crippen LogP contribution in [0.3, 0.4) is 0 Å². The standard InChI is InChI=1S/C16H24ClN5O4S/c1-10-4-5-11(6-14(10)27(25,26)21(2)3)20-15(23)9-22-16(24)12(7-18)13(17)8-19-22/h4-6,12-13,19H,7-9,18H2,1-3H3,(H,20,23). The van der Waals surface area contributed by atoms with Crippen LogP contribution in [0.1, 0.15) is 5.56 Å². The summed E-state index contributed by atoms with van der Waals surface area (Å²) in [5.41, 5.74) is 9.25. The summed E-state index contributed by atoms with van der Waals surface area (Å²) in [5.74, 6) is -1.38. The van der Waals surface area contributed by atoms with Gasteiger partial charge in [0.2, 0.25) is 21.8 Å². The molecular weight excluding hydrogens is 394 g/mol. The quantitative estimate of drug-likeness (QED) is 0.546. The number of carbonyl (C=O) groups excluding carboxylic acids is 2. The van der Waals surface area contributed by atoms with Gasteiger partial charge in [-0.2, -0.15) is 0 Å². The third-order valence-electron chi connectivity index (χ3n) is 4.28. The topological polar surface area (TPSA) is 125 Å². The fourth-order valence-corrected chi connectivity index (χ4v) is 4.08. The SMILES string of the molecule is Cc1ccc(NC(=O)CN2NCC(Cl)C(CN)C2=O)cc1S(=O)(=O)N(C)C. The van der Waals surface area contributed by atoms with Gasteiger partial charge in [0, 0.05) is 32.9 Å². The Hall–Kier alpha value is -1.72. The fourth-order valence-electron chi connectivity index (χ4n) is 2.65. The summed E-state index contributed by atoms with van der Waals surface area (Å²) in [5, 5.41) is 3.36. The molecule has 1 aromatic rings. The maximum absolute atomic E-state index is 12.4. The molecule has 0 aromatic heterocycles. The number of nitrogens with two attached hydrogens (primary N) is 1. The summed E-state index contributed by atoms with van der Waals surface area (Å²) < 4.78 is 25.9. The van der Waals surface area contributed by atoms with Crippen molar-refractivity contribution in [2.75, 3.05) is 39.0 Å². The van der Waals surface area contributed by atoms with Gasteiger partial charge in [0.1, 0.15) is 6.54 Å². The zero-order chi connectivity index (χ0) is 20.4. The predicted octanol–water partition coefficient (Wildman–Crippen LogP) is -0.287. The van der Waals surface area contributed by atoms with E-state index in [4.69, 9.17) is 17.3 Å². The van der Waals surface area contributed by atoms with Crippen molar-refractivity contribution in [3.8, 4) is 0 Å². The molecule has 1 aromatic carbocycles. The van der Waals surface area contributed by atoms with Gasteiger partial charge in [-0.3, -0.25) is 14.6 Å². The largest absolute Gasteiger partial charge is 0.330 e. The molecule has 2 rings (SSSR count). The van der Waals surface area contributed by atoms with Crippen LogP contribution in [0.25, 0.3) is 0 Å². The summed E-state index contributed by atoms with van der Waals surface area (Å²) in [6.45, 7) is 1.84. The number of amides is 2. The molecule has 0 saturated carbocycles. The number of carbonyl (C=O) groups is 2. The third-order valence-corrected chi connectivity index (χ3v) is 6.70. The first-order valence-corrected chi connectivity index (χ1v) is 10.2. The van der Waals surface area contributed by atoms with Crippen LogP contribution in [0.5, 0.6) is 0 Å². The Balaban J connectivity index is 2.12. The maximum atomic E-state index is 12.4. The van der Waals surface area contributed by atoms with Crippen LogP contribution < -0.4 is 16.5 Å². The molecule has 0 aliphatic carbocycles. The highest BCUT2D eigenvalue weighted by Gasteiger charge is 2.35. The molecule has 2 unspecified atom stereocenters. The molecule has 150 valence electrons. The van der Waals surface area contributed by atoms with Crippen LogP contribution in [0.4, 0.5) is 5.69 Å². The normalized spacial score (nSPS) is 20.8. The number of anilines is 1.